The molecule has 0 radical (unpaired) electrons. The van der Waals surface area contributed by atoms with Gasteiger partial charge >= 0.3 is 0 Å². The largest absolute Gasteiger partial charge is 0.372 e. The number of sulfonamides is 1. The van der Waals surface area contributed by atoms with E-state index in [1.165, 1.54) is 38.6 Å². The molecule has 2 heterocycles. The molecule has 0 aliphatic heterocycles. The number of anilines is 1. The maximum absolute atomic E-state index is 13.2. The van der Waals surface area contributed by atoms with Crippen molar-refractivity contribution in [2.45, 2.75) is 42.1 Å². The smallest absolute Gasteiger partial charge is 0.240 e. The summed E-state index contributed by atoms with van der Waals surface area (Å²) in [4.78, 5) is 8.29. The van der Waals surface area contributed by atoms with Crippen LogP contribution in [0.1, 0.15) is 37.7 Å². The summed E-state index contributed by atoms with van der Waals surface area (Å²) in [6.07, 6.45) is 4.53. The van der Waals surface area contributed by atoms with Crippen LogP contribution in [0.4, 0.5) is 5.95 Å². The summed E-state index contributed by atoms with van der Waals surface area (Å²) in [5.41, 5.74) is 0.519. The van der Waals surface area contributed by atoms with Crippen LogP contribution in [0.5, 0.6) is 0 Å². The standard InChI is InChI=1S/C20H23ClN6O5S2/c1-12(17(32-2)18-22-10-14(21)11-23-18)34(30,31)26-20-25-24-19(27(20)15-7-8-15)13-5-4-6-16(9-13)33(3,28)29/h4-6,9-12,15,17H,7-8H2,1-3H3,(H,25,26)/t12-,17-/m0/s1. The second-order valence-corrected chi connectivity index (χ2v) is 12.5. The van der Waals surface area contributed by atoms with E-state index >= 15 is 0 Å². The van der Waals surface area contributed by atoms with Gasteiger partial charge in [-0.2, -0.15) is 0 Å². The molecule has 2 atom stereocenters. The average Bonchev–Trinajstić information content (AvgIpc) is 3.55. The van der Waals surface area contributed by atoms with Crippen molar-refractivity contribution in [3.05, 3.63) is 47.5 Å². The quantitative estimate of drug-likeness (QED) is 0.444. The molecule has 34 heavy (non-hydrogen) atoms. The lowest BCUT2D eigenvalue weighted by Crippen LogP contribution is -2.33. The van der Waals surface area contributed by atoms with Gasteiger partial charge in [-0.1, -0.05) is 23.7 Å². The van der Waals surface area contributed by atoms with Gasteiger partial charge in [0.2, 0.25) is 16.0 Å². The molecule has 0 bridgehead atoms. The van der Waals surface area contributed by atoms with E-state index in [0.717, 1.165) is 19.1 Å². The minimum Gasteiger partial charge on any atom is -0.372 e. The van der Waals surface area contributed by atoms with Crippen LogP contribution in [0, 0.1) is 0 Å². The monoisotopic (exact) mass is 526 g/mol. The van der Waals surface area contributed by atoms with Crippen LogP contribution in [0.2, 0.25) is 5.02 Å². The number of ether oxygens (including phenoxy) is 1. The summed E-state index contributed by atoms with van der Waals surface area (Å²) in [5.74, 6) is 0.593. The molecule has 0 amide bonds. The molecule has 1 saturated carbocycles. The van der Waals surface area contributed by atoms with E-state index in [1.807, 2.05) is 0 Å². The second-order valence-electron chi connectivity index (χ2n) is 8.02. The lowest BCUT2D eigenvalue weighted by Gasteiger charge is -2.22. The average molecular weight is 527 g/mol. The molecule has 1 fully saturated rings. The Balaban J connectivity index is 1.67. The van der Waals surface area contributed by atoms with Gasteiger partial charge in [0.05, 0.1) is 9.92 Å². The molecule has 0 saturated heterocycles. The number of aromatic nitrogens is 5. The van der Waals surface area contributed by atoms with Crippen molar-refractivity contribution in [1.29, 1.82) is 0 Å². The lowest BCUT2D eigenvalue weighted by atomic mass is 10.2. The van der Waals surface area contributed by atoms with Crippen molar-refractivity contribution in [3.63, 3.8) is 0 Å². The minimum atomic E-state index is -4.02. The summed E-state index contributed by atoms with van der Waals surface area (Å²) >= 11 is 5.83. The first-order valence-electron chi connectivity index (χ1n) is 10.3. The summed E-state index contributed by atoms with van der Waals surface area (Å²) in [6.45, 7) is 1.47. The molecule has 2 aromatic heterocycles. The van der Waals surface area contributed by atoms with Crippen molar-refractivity contribution in [2.24, 2.45) is 0 Å². The van der Waals surface area contributed by atoms with Crippen molar-refractivity contribution < 1.29 is 21.6 Å². The highest BCUT2D eigenvalue weighted by molar-refractivity contribution is 7.93. The Morgan fingerprint density at radius 1 is 1.15 bits per heavy atom. The first-order chi connectivity index (χ1) is 16.0. The normalized spacial score (nSPS) is 16.2. The molecule has 1 aliphatic rings. The zero-order valence-electron chi connectivity index (χ0n) is 18.6. The van der Waals surface area contributed by atoms with Crippen LogP contribution in [0.15, 0.2) is 41.6 Å². The number of halogens is 1. The highest BCUT2D eigenvalue weighted by atomic mass is 35.5. The van der Waals surface area contributed by atoms with Gasteiger partial charge in [0.1, 0.15) is 11.4 Å². The van der Waals surface area contributed by atoms with Crippen LogP contribution < -0.4 is 4.72 Å². The zero-order chi connectivity index (χ0) is 24.7. The van der Waals surface area contributed by atoms with E-state index in [9.17, 15) is 16.8 Å². The molecule has 0 spiro atoms. The Kier molecular flexibility index (Phi) is 6.64. The summed E-state index contributed by atoms with van der Waals surface area (Å²) in [6, 6.07) is 6.30. The molecule has 1 aromatic carbocycles. The first-order valence-corrected chi connectivity index (χ1v) is 14.1. The predicted molar refractivity (Wildman–Crippen MR) is 126 cm³/mol. The summed E-state index contributed by atoms with van der Waals surface area (Å²) in [7, 11) is -6.08. The number of hydrogen-bond donors (Lipinski definition) is 1. The highest BCUT2D eigenvalue weighted by Gasteiger charge is 2.36. The van der Waals surface area contributed by atoms with Gasteiger partial charge in [-0.05, 0) is 31.9 Å². The second kappa shape index (κ2) is 9.21. The maximum atomic E-state index is 13.2. The van der Waals surface area contributed by atoms with Crippen LogP contribution in [-0.2, 0) is 24.6 Å². The van der Waals surface area contributed by atoms with Crippen molar-refractivity contribution >= 4 is 37.4 Å². The molecular formula is C20H23ClN6O5S2. The molecule has 11 nitrogen and oxygen atoms in total. The molecule has 0 unspecified atom stereocenters. The van der Waals surface area contributed by atoms with E-state index < -0.39 is 31.2 Å². The predicted octanol–water partition coefficient (Wildman–Crippen LogP) is 2.64. The lowest BCUT2D eigenvalue weighted by molar-refractivity contribution is 0.0950. The first kappa shape index (κ1) is 24.5. The fourth-order valence-electron chi connectivity index (χ4n) is 3.46. The maximum Gasteiger partial charge on any atom is 0.240 e. The van der Waals surface area contributed by atoms with Gasteiger partial charge in [-0.25, -0.2) is 26.8 Å². The summed E-state index contributed by atoms with van der Waals surface area (Å²) in [5, 5.41) is 7.47. The number of hydrogen-bond acceptors (Lipinski definition) is 9. The number of nitrogens with one attached hydrogen (secondary N) is 1. The van der Waals surface area contributed by atoms with E-state index in [2.05, 4.69) is 24.9 Å². The fraction of sp³-hybridized carbons (Fsp3) is 0.400. The van der Waals surface area contributed by atoms with Crippen LogP contribution in [0.3, 0.4) is 0 Å². The number of sulfone groups is 1. The minimum absolute atomic E-state index is 0.00211. The van der Waals surface area contributed by atoms with Gasteiger partial charge < -0.3 is 4.74 Å². The van der Waals surface area contributed by atoms with Gasteiger partial charge in [0, 0.05) is 37.4 Å². The van der Waals surface area contributed by atoms with Gasteiger partial charge in [0.15, 0.2) is 21.5 Å². The zero-order valence-corrected chi connectivity index (χ0v) is 21.0. The highest BCUT2D eigenvalue weighted by Crippen LogP contribution is 2.41. The van der Waals surface area contributed by atoms with E-state index in [0.29, 0.717) is 16.4 Å². The molecule has 14 heteroatoms. The molecule has 4 rings (SSSR count). The topological polar surface area (TPSA) is 146 Å². The SMILES string of the molecule is CO[C@H](c1ncc(Cl)cn1)[C@H](C)S(=O)(=O)Nc1nnc(-c2cccc(S(C)(=O)=O)c2)n1C1CC1. The molecule has 182 valence electrons. The number of nitrogens with zero attached hydrogens (tertiary/aromatic N) is 5. The van der Waals surface area contributed by atoms with Crippen LogP contribution in [0.25, 0.3) is 11.4 Å². The van der Waals surface area contributed by atoms with Crippen molar-refractivity contribution in [2.75, 3.05) is 18.1 Å². The Morgan fingerprint density at radius 3 is 2.41 bits per heavy atom. The van der Waals surface area contributed by atoms with Crippen LogP contribution in [-0.4, -0.2) is 60.2 Å². The third kappa shape index (κ3) is 5.06. The van der Waals surface area contributed by atoms with Crippen molar-refractivity contribution in [1.82, 2.24) is 24.7 Å². The number of rotatable bonds is 9. The molecular weight excluding hydrogens is 504 g/mol. The van der Waals surface area contributed by atoms with E-state index in [4.69, 9.17) is 16.3 Å². The fourth-order valence-corrected chi connectivity index (χ4v) is 5.36. The van der Waals surface area contributed by atoms with E-state index in [-0.39, 0.29) is 22.7 Å². The number of benzene rings is 1. The van der Waals surface area contributed by atoms with Gasteiger partial charge in [-0.3, -0.25) is 9.29 Å². The van der Waals surface area contributed by atoms with E-state index in [1.54, 1.807) is 16.7 Å². The number of methoxy groups -OCH3 is 1. The van der Waals surface area contributed by atoms with Gasteiger partial charge in [0.25, 0.3) is 0 Å². The van der Waals surface area contributed by atoms with Crippen molar-refractivity contribution in [3.8, 4) is 11.4 Å². The Hall–Kier alpha value is -2.61. The third-order valence-corrected chi connectivity index (χ3v) is 8.42. The Bertz CT molecular complexity index is 1410. The molecule has 3 aromatic rings. The van der Waals surface area contributed by atoms with Gasteiger partial charge in [-0.15, -0.1) is 10.2 Å². The Morgan fingerprint density at radius 2 is 1.82 bits per heavy atom. The molecule has 1 aliphatic carbocycles. The molecule has 1 N–H and O–H groups in total. The third-order valence-electron chi connectivity index (χ3n) is 5.43. The van der Waals surface area contributed by atoms with Crippen LogP contribution >= 0.6 is 11.6 Å². The Labute approximate surface area is 202 Å². The summed E-state index contributed by atoms with van der Waals surface area (Å²) < 4.78 is 60.0.